The Morgan fingerprint density at radius 2 is 2.33 bits per heavy atom. The number of hydrogen-bond acceptors (Lipinski definition) is 4. The van der Waals surface area contributed by atoms with Crippen molar-refractivity contribution in [3.63, 3.8) is 0 Å². The van der Waals surface area contributed by atoms with E-state index in [1.807, 2.05) is 11.3 Å². The summed E-state index contributed by atoms with van der Waals surface area (Å²) in [6.45, 7) is 5.83. The third-order valence-electron chi connectivity index (χ3n) is 4.28. The topological polar surface area (TPSA) is 38.5 Å². The van der Waals surface area contributed by atoms with Crippen LogP contribution in [-0.4, -0.2) is 36.7 Å². The molecule has 1 aromatic heterocycles. The Labute approximate surface area is 114 Å². The molecule has 1 heterocycles. The second kappa shape index (κ2) is 5.70. The molecule has 1 aliphatic carbocycles. The molecule has 0 aromatic carbocycles. The molecule has 1 fully saturated rings. The Kier molecular flexibility index (Phi) is 4.43. The van der Waals surface area contributed by atoms with Gasteiger partial charge in [0.25, 0.3) is 0 Å². The van der Waals surface area contributed by atoms with Crippen LogP contribution in [0, 0.1) is 0 Å². The minimum absolute atomic E-state index is 0.128. The van der Waals surface area contributed by atoms with E-state index in [2.05, 4.69) is 43.3 Å². The number of nitrogens with zero attached hydrogens (tertiary/aromatic N) is 1. The van der Waals surface area contributed by atoms with Gasteiger partial charge in [0.15, 0.2) is 0 Å². The van der Waals surface area contributed by atoms with E-state index in [0.29, 0.717) is 18.7 Å². The van der Waals surface area contributed by atoms with Crippen molar-refractivity contribution in [1.29, 1.82) is 0 Å². The molecular formula is C14H24N2OS. The lowest BCUT2D eigenvalue weighted by Crippen LogP contribution is -2.63. The second-order valence-corrected chi connectivity index (χ2v) is 6.20. The number of hydrogen-bond donors (Lipinski definition) is 1. The van der Waals surface area contributed by atoms with Gasteiger partial charge in [-0.3, -0.25) is 4.90 Å². The van der Waals surface area contributed by atoms with Crippen molar-refractivity contribution in [2.45, 2.75) is 44.4 Å². The quantitative estimate of drug-likeness (QED) is 0.862. The van der Waals surface area contributed by atoms with E-state index in [9.17, 15) is 0 Å². The van der Waals surface area contributed by atoms with Crippen LogP contribution in [0.3, 0.4) is 0 Å². The molecule has 18 heavy (non-hydrogen) atoms. The van der Waals surface area contributed by atoms with Crippen LogP contribution in [0.4, 0.5) is 0 Å². The highest BCUT2D eigenvalue weighted by molar-refractivity contribution is 7.10. The molecule has 2 rings (SSSR count). The number of ether oxygens (including phenoxy) is 1. The molecule has 1 unspecified atom stereocenters. The van der Waals surface area contributed by atoms with E-state index in [0.717, 1.165) is 19.4 Å². The first kappa shape index (κ1) is 14.0. The zero-order valence-electron chi connectivity index (χ0n) is 11.6. The fraction of sp³-hybridized carbons (Fsp3) is 0.714. The second-order valence-electron chi connectivity index (χ2n) is 5.22. The average Bonchev–Trinajstić information content (AvgIpc) is 2.85. The SMILES string of the molecule is CCOC1CC(CN)(N(C)C(C)c2cccs2)C1. The van der Waals surface area contributed by atoms with Gasteiger partial charge in [0.1, 0.15) is 0 Å². The molecular weight excluding hydrogens is 244 g/mol. The predicted molar refractivity (Wildman–Crippen MR) is 76.9 cm³/mol. The molecule has 0 bridgehead atoms. The Morgan fingerprint density at radius 1 is 1.61 bits per heavy atom. The molecule has 1 aliphatic rings. The van der Waals surface area contributed by atoms with Gasteiger partial charge in [-0.2, -0.15) is 0 Å². The van der Waals surface area contributed by atoms with Gasteiger partial charge in [0.2, 0.25) is 0 Å². The molecule has 1 saturated carbocycles. The van der Waals surface area contributed by atoms with Crippen LogP contribution in [0.1, 0.15) is 37.6 Å². The minimum atomic E-state index is 0.128. The lowest BCUT2D eigenvalue weighted by molar-refractivity contribution is -0.102. The van der Waals surface area contributed by atoms with Gasteiger partial charge < -0.3 is 10.5 Å². The molecule has 0 spiro atoms. The standard InChI is InChI=1S/C14H24N2OS/c1-4-17-12-8-14(9-12,10-15)16(3)11(2)13-6-5-7-18-13/h5-7,11-12H,4,8-10,15H2,1-3H3. The van der Waals surface area contributed by atoms with E-state index in [4.69, 9.17) is 10.5 Å². The maximum absolute atomic E-state index is 6.03. The average molecular weight is 268 g/mol. The summed E-state index contributed by atoms with van der Waals surface area (Å²) in [5, 5.41) is 2.14. The lowest BCUT2D eigenvalue weighted by atomic mass is 9.72. The van der Waals surface area contributed by atoms with Gasteiger partial charge in [-0.1, -0.05) is 6.07 Å². The first-order valence-corrected chi connectivity index (χ1v) is 7.59. The van der Waals surface area contributed by atoms with Crippen LogP contribution >= 0.6 is 11.3 Å². The highest BCUT2D eigenvalue weighted by atomic mass is 32.1. The summed E-state index contributed by atoms with van der Waals surface area (Å²) in [7, 11) is 2.19. The van der Waals surface area contributed by atoms with Crippen LogP contribution in [-0.2, 0) is 4.74 Å². The third-order valence-corrected chi connectivity index (χ3v) is 5.32. The van der Waals surface area contributed by atoms with Crippen molar-refractivity contribution < 1.29 is 4.74 Å². The van der Waals surface area contributed by atoms with Crippen LogP contribution in [0.25, 0.3) is 0 Å². The van der Waals surface area contributed by atoms with Crippen LogP contribution in [0.5, 0.6) is 0 Å². The van der Waals surface area contributed by atoms with E-state index < -0.39 is 0 Å². The maximum Gasteiger partial charge on any atom is 0.0611 e. The Bertz CT molecular complexity index is 360. The van der Waals surface area contributed by atoms with Crippen molar-refractivity contribution in [3.8, 4) is 0 Å². The highest BCUT2D eigenvalue weighted by Gasteiger charge is 2.48. The van der Waals surface area contributed by atoms with Crippen LogP contribution in [0.2, 0.25) is 0 Å². The van der Waals surface area contributed by atoms with Crippen LogP contribution < -0.4 is 5.73 Å². The largest absolute Gasteiger partial charge is 0.378 e. The van der Waals surface area contributed by atoms with Crippen molar-refractivity contribution in [3.05, 3.63) is 22.4 Å². The molecule has 102 valence electrons. The lowest BCUT2D eigenvalue weighted by Gasteiger charge is -2.54. The number of rotatable bonds is 6. The predicted octanol–water partition coefficient (Wildman–Crippen LogP) is 2.64. The van der Waals surface area contributed by atoms with Crippen molar-refractivity contribution in [1.82, 2.24) is 4.90 Å². The normalized spacial score (nSPS) is 29.3. The summed E-state index contributed by atoms with van der Waals surface area (Å²) in [5.41, 5.74) is 6.15. The first-order valence-electron chi connectivity index (χ1n) is 6.71. The van der Waals surface area contributed by atoms with Crippen molar-refractivity contribution >= 4 is 11.3 Å². The van der Waals surface area contributed by atoms with Gasteiger partial charge in [0, 0.05) is 29.6 Å². The summed E-state index contributed by atoms with van der Waals surface area (Å²) < 4.78 is 5.68. The van der Waals surface area contributed by atoms with Gasteiger partial charge in [-0.05, 0) is 45.2 Å². The molecule has 1 atom stereocenters. The van der Waals surface area contributed by atoms with E-state index in [1.165, 1.54) is 4.88 Å². The Morgan fingerprint density at radius 3 is 2.83 bits per heavy atom. The van der Waals surface area contributed by atoms with E-state index in [1.54, 1.807) is 0 Å². The molecule has 0 aliphatic heterocycles. The highest BCUT2D eigenvalue weighted by Crippen LogP contribution is 2.42. The van der Waals surface area contributed by atoms with Gasteiger partial charge in [-0.25, -0.2) is 0 Å². The zero-order chi connectivity index (χ0) is 13.2. The van der Waals surface area contributed by atoms with Gasteiger partial charge in [-0.15, -0.1) is 11.3 Å². The van der Waals surface area contributed by atoms with E-state index >= 15 is 0 Å². The smallest absolute Gasteiger partial charge is 0.0611 e. The van der Waals surface area contributed by atoms with Gasteiger partial charge in [0.05, 0.1) is 6.10 Å². The monoisotopic (exact) mass is 268 g/mol. The summed E-state index contributed by atoms with van der Waals surface area (Å²) in [4.78, 5) is 3.85. The Balaban J connectivity index is 2.01. The molecule has 4 heteroatoms. The molecule has 0 saturated heterocycles. The Hall–Kier alpha value is -0.420. The summed E-state index contributed by atoms with van der Waals surface area (Å²) in [6, 6.07) is 4.74. The first-order chi connectivity index (χ1) is 8.63. The third kappa shape index (κ3) is 2.48. The summed E-state index contributed by atoms with van der Waals surface area (Å²) in [5.74, 6) is 0. The van der Waals surface area contributed by atoms with Crippen molar-refractivity contribution in [2.24, 2.45) is 5.73 Å². The fourth-order valence-electron chi connectivity index (χ4n) is 2.87. The zero-order valence-corrected chi connectivity index (χ0v) is 12.4. The number of likely N-dealkylation sites (N-methyl/N-ethyl adjacent to an activating group) is 1. The molecule has 2 N–H and O–H groups in total. The molecule has 3 nitrogen and oxygen atoms in total. The van der Waals surface area contributed by atoms with E-state index in [-0.39, 0.29) is 5.54 Å². The number of nitrogens with two attached hydrogens (primary N) is 1. The molecule has 0 radical (unpaired) electrons. The summed E-state index contributed by atoms with van der Waals surface area (Å²) >= 11 is 1.82. The molecule has 1 aromatic rings. The van der Waals surface area contributed by atoms with Gasteiger partial charge >= 0.3 is 0 Å². The molecule has 0 amide bonds. The summed E-state index contributed by atoms with van der Waals surface area (Å²) in [6.07, 6.45) is 2.52. The van der Waals surface area contributed by atoms with Crippen LogP contribution in [0.15, 0.2) is 17.5 Å². The maximum atomic E-state index is 6.03. The number of thiophene rings is 1. The van der Waals surface area contributed by atoms with Crippen molar-refractivity contribution in [2.75, 3.05) is 20.2 Å². The minimum Gasteiger partial charge on any atom is -0.378 e. The fourth-order valence-corrected chi connectivity index (χ4v) is 3.70.